The van der Waals surface area contributed by atoms with Gasteiger partial charge in [-0.1, -0.05) is 35.9 Å². The first-order valence-electron chi connectivity index (χ1n) is 9.52. The molecule has 7 heteroatoms. The van der Waals surface area contributed by atoms with E-state index in [1.165, 1.54) is 0 Å². The van der Waals surface area contributed by atoms with Crippen molar-refractivity contribution < 1.29 is 9.53 Å². The Hall–Kier alpha value is -3.61. The summed E-state index contributed by atoms with van der Waals surface area (Å²) in [4.78, 5) is 16.9. The molecule has 2 heterocycles. The van der Waals surface area contributed by atoms with Gasteiger partial charge in [-0.3, -0.25) is 4.79 Å². The number of aryl methyl sites for hydroxylation is 1. The number of benzene rings is 2. The molecule has 3 N–H and O–H groups in total. The molecule has 1 aromatic heterocycles. The fraction of sp³-hybridized carbons (Fsp3) is 0.227. The third kappa shape index (κ3) is 3.47. The maximum Gasteiger partial charge on any atom is 0.248 e. The summed E-state index contributed by atoms with van der Waals surface area (Å²) in [6.45, 7) is 6.38. The fourth-order valence-corrected chi connectivity index (χ4v) is 3.60. The normalized spacial score (nSPS) is 15.6. The third-order valence-corrected chi connectivity index (χ3v) is 4.90. The number of aromatic nitrogens is 3. The van der Waals surface area contributed by atoms with Crippen LogP contribution in [0, 0.1) is 6.92 Å². The van der Waals surface area contributed by atoms with E-state index in [-0.39, 0.29) is 0 Å². The molecule has 7 nitrogen and oxygen atoms in total. The van der Waals surface area contributed by atoms with Gasteiger partial charge in [0.2, 0.25) is 11.9 Å². The van der Waals surface area contributed by atoms with Gasteiger partial charge in [0, 0.05) is 11.3 Å². The Labute approximate surface area is 169 Å². The highest BCUT2D eigenvalue weighted by Crippen LogP contribution is 2.36. The molecule has 1 aliphatic rings. The van der Waals surface area contributed by atoms with Gasteiger partial charge >= 0.3 is 0 Å². The minimum Gasteiger partial charge on any atom is -0.494 e. The van der Waals surface area contributed by atoms with Crippen molar-refractivity contribution in [3.8, 4) is 17.1 Å². The Morgan fingerprint density at radius 3 is 2.62 bits per heavy atom. The highest BCUT2D eigenvalue weighted by Gasteiger charge is 2.33. The van der Waals surface area contributed by atoms with E-state index in [0.29, 0.717) is 29.6 Å². The van der Waals surface area contributed by atoms with Gasteiger partial charge in [0.05, 0.1) is 12.2 Å². The lowest BCUT2D eigenvalue weighted by Gasteiger charge is -2.27. The van der Waals surface area contributed by atoms with Crippen LogP contribution in [0.15, 0.2) is 59.8 Å². The third-order valence-electron chi connectivity index (χ3n) is 4.90. The lowest BCUT2D eigenvalue weighted by atomic mass is 9.95. The fourth-order valence-electron chi connectivity index (χ4n) is 3.60. The summed E-state index contributed by atoms with van der Waals surface area (Å²) in [5, 5.41) is 7.89. The molecule has 0 aliphatic carbocycles. The first-order valence-corrected chi connectivity index (χ1v) is 9.52. The molecule has 1 amide bonds. The zero-order valence-corrected chi connectivity index (χ0v) is 16.6. The van der Waals surface area contributed by atoms with Crippen molar-refractivity contribution in [2.24, 2.45) is 5.73 Å². The van der Waals surface area contributed by atoms with Crippen LogP contribution in [0.3, 0.4) is 0 Å². The summed E-state index contributed by atoms with van der Waals surface area (Å²) in [7, 11) is 0. The van der Waals surface area contributed by atoms with E-state index in [1.807, 2.05) is 69.3 Å². The van der Waals surface area contributed by atoms with Gasteiger partial charge in [-0.2, -0.15) is 4.98 Å². The first kappa shape index (κ1) is 18.7. The van der Waals surface area contributed by atoms with Gasteiger partial charge < -0.3 is 15.8 Å². The maximum atomic E-state index is 12.3. The number of allylic oxidation sites excluding steroid dienone is 1. The van der Waals surface area contributed by atoms with Crippen LogP contribution < -0.4 is 15.8 Å². The number of amides is 1. The van der Waals surface area contributed by atoms with Crippen LogP contribution in [0.2, 0.25) is 0 Å². The van der Waals surface area contributed by atoms with E-state index >= 15 is 0 Å². The Morgan fingerprint density at radius 2 is 1.97 bits per heavy atom. The molecule has 0 radical (unpaired) electrons. The molecule has 1 aliphatic heterocycles. The number of fused-ring (bicyclic) bond motifs is 1. The van der Waals surface area contributed by atoms with E-state index in [0.717, 1.165) is 22.4 Å². The summed E-state index contributed by atoms with van der Waals surface area (Å²) >= 11 is 0. The first-order chi connectivity index (χ1) is 14.0. The molecular formula is C22H23N5O2. The van der Waals surface area contributed by atoms with E-state index in [4.69, 9.17) is 15.6 Å². The second-order valence-corrected chi connectivity index (χ2v) is 7.01. The predicted molar refractivity (Wildman–Crippen MR) is 111 cm³/mol. The molecule has 0 fully saturated rings. The van der Waals surface area contributed by atoms with Crippen molar-refractivity contribution in [1.82, 2.24) is 14.8 Å². The summed E-state index contributed by atoms with van der Waals surface area (Å²) in [6.07, 6.45) is 0. The monoisotopic (exact) mass is 389 g/mol. The number of anilines is 1. The molecule has 2 aromatic carbocycles. The van der Waals surface area contributed by atoms with Crippen LogP contribution in [0.1, 0.15) is 31.0 Å². The summed E-state index contributed by atoms with van der Waals surface area (Å²) in [6, 6.07) is 15.1. The van der Waals surface area contributed by atoms with Crippen LogP contribution in [-0.4, -0.2) is 27.3 Å². The highest BCUT2D eigenvalue weighted by molar-refractivity contribution is 5.95. The number of nitrogens with two attached hydrogens (primary N) is 1. The molecule has 148 valence electrons. The molecule has 3 aromatic rings. The zero-order chi connectivity index (χ0) is 20.5. The molecule has 0 saturated heterocycles. The Kier molecular flexibility index (Phi) is 4.80. The summed E-state index contributed by atoms with van der Waals surface area (Å²) in [5.74, 6) is 1.44. The van der Waals surface area contributed by atoms with Gasteiger partial charge in [0.25, 0.3) is 0 Å². The minimum absolute atomic E-state index is 0.461. The van der Waals surface area contributed by atoms with Gasteiger partial charge in [-0.05, 0) is 44.5 Å². The molecule has 0 spiro atoms. The van der Waals surface area contributed by atoms with Crippen LogP contribution in [-0.2, 0) is 4.79 Å². The molecule has 0 saturated carbocycles. The van der Waals surface area contributed by atoms with Crippen LogP contribution >= 0.6 is 0 Å². The number of nitrogens with zero attached hydrogens (tertiary/aromatic N) is 3. The number of carbonyl (C=O) groups is 1. The van der Waals surface area contributed by atoms with Crippen molar-refractivity contribution in [3.05, 3.63) is 70.9 Å². The Morgan fingerprint density at radius 1 is 1.21 bits per heavy atom. The zero-order valence-electron chi connectivity index (χ0n) is 16.6. The number of carbonyl (C=O) groups excluding carboxylic acids is 1. The van der Waals surface area contributed by atoms with E-state index in [1.54, 1.807) is 4.68 Å². The smallest absolute Gasteiger partial charge is 0.248 e. The van der Waals surface area contributed by atoms with Gasteiger partial charge in [-0.15, -0.1) is 5.10 Å². The average molecular weight is 389 g/mol. The lowest BCUT2D eigenvalue weighted by Crippen LogP contribution is -2.31. The molecule has 29 heavy (non-hydrogen) atoms. The maximum absolute atomic E-state index is 12.3. The molecule has 1 atom stereocenters. The summed E-state index contributed by atoms with van der Waals surface area (Å²) < 4.78 is 7.26. The van der Waals surface area contributed by atoms with Crippen molar-refractivity contribution in [2.75, 3.05) is 11.9 Å². The highest BCUT2D eigenvalue weighted by atomic mass is 16.5. The van der Waals surface area contributed by atoms with Crippen molar-refractivity contribution in [1.29, 1.82) is 0 Å². The largest absolute Gasteiger partial charge is 0.494 e. The van der Waals surface area contributed by atoms with E-state index in [9.17, 15) is 4.79 Å². The van der Waals surface area contributed by atoms with Crippen molar-refractivity contribution >= 4 is 11.9 Å². The Bertz CT molecular complexity index is 1100. The second kappa shape index (κ2) is 7.43. The predicted octanol–water partition coefficient (Wildman–Crippen LogP) is 3.43. The van der Waals surface area contributed by atoms with Crippen molar-refractivity contribution in [2.45, 2.75) is 26.8 Å². The number of nitrogens with one attached hydrogen (secondary N) is 1. The van der Waals surface area contributed by atoms with E-state index in [2.05, 4.69) is 10.3 Å². The number of hydrogen-bond donors (Lipinski definition) is 2. The van der Waals surface area contributed by atoms with Crippen molar-refractivity contribution in [3.63, 3.8) is 0 Å². The molecule has 4 rings (SSSR count). The topological polar surface area (TPSA) is 95.1 Å². The lowest BCUT2D eigenvalue weighted by molar-refractivity contribution is -0.115. The van der Waals surface area contributed by atoms with Crippen LogP contribution in [0.4, 0.5) is 5.95 Å². The standard InChI is InChI=1S/C22H23N5O2/c1-4-29-17-10-8-15(9-11-17)19-18(20(23)28)14(3)24-22-25-21(26-27(19)22)16-7-5-6-13(2)12-16/h5-12,19H,4H2,1-3H3,(H2,23,28)(H,24,25,26). The number of hydrogen-bond acceptors (Lipinski definition) is 5. The average Bonchev–Trinajstić information content (AvgIpc) is 3.11. The van der Waals surface area contributed by atoms with Gasteiger partial charge in [-0.25, -0.2) is 4.68 Å². The number of ether oxygens (including phenoxy) is 1. The SMILES string of the molecule is CCOc1ccc(C2C(C(N)=O)=C(C)Nc3nc(-c4cccc(C)c4)nn32)cc1. The number of primary amides is 1. The number of rotatable bonds is 5. The molecule has 1 unspecified atom stereocenters. The Balaban J connectivity index is 1.83. The minimum atomic E-state index is -0.493. The quantitative estimate of drug-likeness (QED) is 0.697. The second-order valence-electron chi connectivity index (χ2n) is 7.01. The van der Waals surface area contributed by atoms with Gasteiger partial charge in [0.15, 0.2) is 5.82 Å². The van der Waals surface area contributed by atoms with Crippen LogP contribution in [0.25, 0.3) is 11.4 Å². The van der Waals surface area contributed by atoms with E-state index < -0.39 is 11.9 Å². The van der Waals surface area contributed by atoms with Gasteiger partial charge in [0.1, 0.15) is 11.8 Å². The van der Waals surface area contributed by atoms with Crippen LogP contribution in [0.5, 0.6) is 5.75 Å². The summed E-state index contributed by atoms with van der Waals surface area (Å²) in [5.41, 5.74) is 9.79. The molecule has 0 bridgehead atoms. The molecular weight excluding hydrogens is 366 g/mol.